The highest BCUT2D eigenvalue weighted by atomic mass is 79.9. The van der Waals surface area contributed by atoms with Crippen LogP contribution >= 0.6 is 40.3 Å². The number of rotatable bonds is 2. The van der Waals surface area contributed by atoms with Crippen molar-refractivity contribution < 1.29 is 0 Å². The van der Waals surface area contributed by atoms with Gasteiger partial charge >= 0.3 is 0 Å². The molecule has 23 heavy (non-hydrogen) atoms. The molecule has 0 N–H and O–H groups in total. The third-order valence-corrected chi connectivity index (χ3v) is 4.56. The van der Waals surface area contributed by atoms with Crippen molar-refractivity contribution in [2.24, 2.45) is 5.10 Å². The SMILES string of the molecule is Br.Clc1ccc(-c2nnc3n2N=C(c2ccccc2)CS3)cc1. The fourth-order valence-electron chi connectivity index (χ4n) is 2.28. The normalized spacial score (nSPS) is 13.0. The second-order valence-corrected chi connectivity index (χ2v) is 6.21. The zero-order chi connectivity index (χ0) is 14.9. The molecule has 0 amide bonds. The van der Waals surface area contributed by atoms with Crippen molar-refractivity contribution in [3.8, 4) is 11.4 Å². The van der Waals surface area contributed by atoms with Gasteiger partial charge in [-0.25, -0.2) is 0 Å². The Bertz CT molecular complexity index is 846. The fourth-order valence-corrected chi connectivity index (χ4v) is 3.24. The van der Waals surface area contributed by atoms with Gasteiger partial charge in [0.15, 0.2) is 5.82 Å². The molecule has 2 heterocycles. The molecular formula is C16H12BrClN4S. The van der Waals surface area contributed by atoms with Gasteiger partial charge in [0.25, 0.3) is 0 Å². The maximum Gasteiger partial charge on any atom is 0.212 e. The molecule has 0 radical (unpaired) electrons. The van der Waals surface area contributed by atoms with Crippen LogP contribution in [0.4, 0.5) is 0 Å². The number of halogens is 2. The van der Waals surface area contributed by atoms with Crippen molar-refractivity contribution in [1.29, 1.82) is 0 Å². The number of hydrogen-bond acceptors (Lipinski definition) is 4. The van der Waals surface area contributed by atoms with Gasteiger partial charge in [0.05, 0.1) is 5.71 Å². The molecule has 0 unspecified atom stereocenters. The van der Waals surface area contributed by atoms with Crippen molar-refractivity contribution in [3.63, 3.8) is 0 Å². The Balaban J connectivity index is 0.00000156. The van der Waals surface area contributed by atoms with Crippen molar-refractivity contribution in [2.75, 3.05) is 5.75 Å². The third-order valence-electron chi connectivity index (χ3n) is 3.38. The quantitative estimate of drug-likeness (QED) is 0.626. The number of benzene rings is 2. The van der Waals surface area contributed by atoms with Gasteiger partial charge in [-0.05, 0) is 29.8 Å². The molecule has 116 valence electrons. The monoisotopic (exact) mass is 406 g/mol. The number of nitrogens with zero attached hydrogens (tertiary/aromatic N) is 4. The molecule has 0 aliphatic carbocycles. The van der Waals surface area contributed by atoms with E-state index in [1.165, 1.54) is 0 Å². The second-order valence-electron chi connectivity index (χ2n) is 4.83. The summed E-state index contributed by atoms with van der Waals surface area (Å²) in [5.41, 5.74) is 3.09. The van der Waals surface area contributed by atoms with E-state index in [2.05, 4.69) is 22.3 Å². The van der Waals surface area contributed by atoms with Gasteiger partial charge < -0.3 is 0 Å². The van der Waals surface area contributed by atoms with Crippen LogP contribution in [0.1, 0.15) is 5.56 Å². The van der Waals surface area contributed by atoms with Gasteiger partial charge in [0.2, 0.25) is 5.16 Å². The van der Waals surface area contributed by atoms with E-state index in [0.29, 0.717) is 5.02 Å². The topological polar surface area (TPSA) is 43.1 Å². The molecule has 3 aromatic rings. The molecule has 1 aliphatic heterocycles. The summed E-state index contributed by atoms with van der Waals surface area (Å²) in [4.78, 5) is 0. The first-order chi connectivity index (χ1) is 10.8. The first-order valence-corrected chi connectivity index (χ1v) is 8.15. The molecule has 4 rings (SSSR count). The van der Waals surface area contributed by atoms with Gasteiger partial charge in [-0.3, -0.25) is 0 Å². The van der Waals surface area contributed by atoms with E-state index < -0.39 is 0 Å². The Morgan fingerprint density at radius 1 is 0.913 bits per heavy atom. The number of hydrogen-bond donors (Lipinski definition) is 0. The molecule has 0 spiro atoms. The molecule has 4 nitrogen and oxygen atoms in total. The van der Waals surface area contributed by atoms with Crippen LogP contribution in [0.25, 0.3) is 11.4 Å². The van der Waals surface area contributed by atoms with Crippen LogP contribution in [0.2, 0.25) is 5.02 Å². The highest BCUT2D eigenvalue weighted by molar-refractivity contribution is 8.93. The number of fused-ring (bicyclic) bond motifs is 1. The van der Waals surface area contributed by atoms with E-state index in [1.54, 1.807) is 16.4 Å². The lowest BCUT2D eigenvalue weighted by Crippen LogP contribution is -2.13. The maximum absolute atomic E-state index is 5.95. The minimum Gasteiger partial charge on any atom is -0.187 e. The molecule has 0 bridgehead atoms. The lowest BCUT2D eigenvalue weighted by molar-refractivity contribution is 0.762. The molecule has 1 aliphatic rings. The molecule has 1 aromatic heterocycles. The van der Waals surface area contributed by atoms with E-state index in [-0.39, 0.29) is 17.0 Å². The smallest absolute Gasteiger partial charge is 0.187 e. The van der Waals surface area contributed by atoms with Crippen LogP contribution in [0.15, 0.2) is 64.9 Å². The van der Waals surface area contributed by atoms with E-state index in [9.17, 15) is 0 Å². The van der Waals surface area contributed by atoms with E-state index >= 15 is 0 Å². The van der Waals surface area contributed by atoms with Gasteiger partial charge in [0, 0.05) is 16.3 Å². The fraction of sp³-hybridized carbons (Fsp3) is 0.0625. The lowest BCUT2D eigenvalue weighted by Gasteiger charge is -2.13. The first kappa shape index (κ1) is 16.2. The van der Waals surface area contributed by atoms with E-state index in [1.807, 2.05) is 42.5 Å². The summed E-state index contributed by atoms with van der Waals surface area (Å²) in [5, 5.41) is 14.7. The van der Waals surface area contributed by atoms with Gasteiger partial charge in [-0.15, -0.1) is 27.2 Å². The molecule has 0 saturated carbocycles. The highest BCUT2D eigenvalue weighted by Crippen LogP contribution is 2.28. The number of aromatic nitrogens is 3. The molecule has 0 atom stereocenters. The largest absolute Gasteiger partial charge is 0.212 e. The Morgan fingerprint density at radius 3 is 2.39 bits per heavy atom. The zero-order valence-corrected chi connectivity index (χ0v) is 15.2. The van der Waals surface area contributed by atoms with Crippen LogP contribution in [-0.2, 0) is 0 Å². The molecule has 2 aromatic carbocycles. The van der Waals surface area contributed by atoms with Gasteiger partial charge in [0.1, 0.15) is 0 Å². The average molecular weight is 408 g/mol. The summed E-state index contributed by atoms with van der Waals surface area (Å²) in [7, 11) is 0. The minimum absolute atomic E-state index is 0. The van der Waals surface area contributed by atoms with Crippen molar-refractivity contribution in [2.45, 2.75) is 5.16 Å². The maximum atomic E-state index is 5.95. The number of thioether (sulfide) groups is 1. The molecule has 0 saturated heterocycles. The minimum atomic E-state index is 0. The van der Waals surface area contributed by atoms with Crippen LogP contribution in [0, 0.1) is 0 Å². The predicted octanol–water partition coefficient (Wildman–Crippen LogP) is 4.53. The summed E-state index contributed by atoms with van der Waals surface area (Å²) in [6.45, 7) is 0. The Hall–Kier alpha value is -1.63. The molecule has 7 heteroatoms. The van der Waals surface area contributed by atoms with Gasteiger partial charge in [-0.2, -0.15) is 9.78 Å². The van der Waals surface area contributed by atoms with Crippen LogP contribution in [0.3, 0.4) is 0 Å². The van der Waals surface area contributed by atoms with Crippen molar-refractivity contribution in [1.82, 2.24) is 14.9 Å². The standard InChI is InChI=1S/C16H11ClN4S.BrH/c17-13-8-6-12(7-9-13)15-18-19-16-21(15)20-14(10-22-16)11-4-2-1-3-5-11;/h1-9H,10H2;1H. The summed E-state index contributed by atoms with van der Waals surface area (Å²) in [6.07, 6.45) is 0. The molecular weight excluding hydrogens is 396 g/mol. The summed E-state index contributed by atoms with van der Waals surface area (Å²) in [6, 6.07) is 17.7. The van der Waals surface area contributed by atoms with Crippen LogP contribution in [-0.4, -0.2) is 26.3 Å². The highest BCUT2D eigenvalue weighted by Gasteiger charge is 2.20. The predicted molar refractivity (Wildman–Crippen MR) is 99.9 cm³/mol. The van der Waals surface area contributed by atoms with Crippen molar-refractivity contribution in [3.05, 3.63) is 65.2 Å². The molecule has 0 fully saturated rings. The van der Waals surface area contributed by atoms with E-state index in [4.69, 9.17) is 16.7 Å². The second kappa shape index (κ2) is 6.86. The van der Waals surface area contributed by atoms with E-state index in [0.717, 1.165) is 33.6 Å². The summed E-state index contributed by atoms with van der Waals surface area (Å²) < 4.78 is 1.81. The van der Waals surface area contributed by atoms with Crippen LogP contribution < -0.4 is 0 Å². The Labute approximate surface area is 153 Å². The van der Waals surface area contributed by atoms with Crippen LogP contribution in [0.5, 0.6) is 0 Å². The zero-order valence-electron chi connectivity index (χ0n) is 11.9. The Morgan fingerprint density at radius 2 is 1.65 bits per heavy atom. The third kappa shape index (κ3) is 3.20. The summed E-state index contributed by atoms with van der Waals surface area (Å²) >= 11 is 7.59. The first-order valence-electron chi connectivity index (χ1n) is 6.79. The lowest BCUT2D eigenvalue weighted by atomic mass is 10.1. The van der Waals surface area contributed by atoms with Gasteiger partial charge in [-0.1, -0.05) is 53.7 Å². The summed E-state index contributed by atoms with van der Waals surface area (Å²) in [5.74, 6) is 1.52. The average Bonchev–Trinajstić information content (AvgIpc) is 2.99. The van der Waals surface area contributed by atoms with Crippen molar-refractivity contribution >= 4 is 46.1 Å². The Kier molecular flexibility index (Phi) is 4.84.